The Labute approximate surface area is 253 Å². The van der Waals surface area contributed by atoms with Gasteiger partial charge in [-0.05, 0) is 68.4 Å². The van der Waals surface area contributed by atoms with Gasteiger partial charge in [0.15, 0.2) is 0 Å². The highest BCUT2D eigenvalue weighted by Crippen LogP contribution is 2.33. The van der Waals surface area contributed by atoms with E-state index in [2.05, 4.69) is 45.8 Å². The van der Waals surface area contributed by atoms with E-state index in [-0.39, 0.29) is 8.76 Å². The largest absolute Gasteiger partial charge is 0.383 e. The van der Waals surface area contributed by atoms with E-state index in [4.69, 9.17) is 10.1 Å². The number of morpholine rings is 1. The third-order valence-electron chi connectivity index (χ3n) is 7.90. The van der Waals surface area contributed by atoms with E-state index in [1.54, 1.807) is 0 Å². The number of carbonyl (C=O) groups excluding carboxylic acids is 1. The molecule has 2 saturated heterocycles. The smallest absolute Gasteiger partial charge is 0.251 e. The number of hydrogen-bond donors (Lipinski definition) is 4. The fraction of sp³-hybridized carbons (Fsp3) is 0.412. The van der Waals surface area contributed by atoms with Crippen molar-refractivity contribution in [2.75, 3.05) is 40.3 Å². The Morgan fingerprint density at radius 1 is 1.31 bits per heavy atom. The van der Waals surface area contributed by atoms with Crippen LogP contribution in [0.1, 0.15) is 53.6 Å². The molecule has 2 unspecified atom stereocenters. The molecule has 4 rings (SSSR count). The quantitative estimate of drug-likeness (QED) is 0.139. The van der Waals surface area contributed by atoms with Crippen LogP contribution in [0.15, 0.2) is 84.0 Å². The van der Waals surface area contributed by atoms with Crippen molar-refractivity contribution in [2.24, 2.45) is 0 Å². The summed E-state index contributed by atoms with van der Waals surface area (Å²) in [5.74, 6) is -0.113. The number of nitrogens with one attached hydrogen (secondary N) is 4. The lowest BCUT2D eigenvalue weighted by atomic mass is 9.92. The maximum absolute atomic E-state index is 13.1. The van der Waals surface area contributed by atoms with Gasteiger partial charge in [0.25, 0.3) is 5.91 Å². The van der Waals surface area contributed by atoms with Crippen LogP contribution in [0.4, 0.5) is 0 Å². The minimum absolute atomic E-state index is 0. The predicted octanol–water partition coefficient (Wildman–Crippen LogP) is 5.65. The maximum Gasteiger partial charge on any atom is 0.251 e. The van der Waals surface area contributed by atoms with Gasteiger partial charge in [0.1, 0.15) is 0 Å². The summed E-state index contributed by atoms with van der Waals surface area (Å²) in [6, 6.07) is 2.11. The number of carbonyl (C=O) groups is 1. The highest BCUT2D eigenvalue weighted by Gasteiger charge is 2.33. The van der Waals surface area contributed by atoms with Crippen molar-refractivity contribution >= 4 is 23.3 Å². The van der Waals surface area contributed by atoms with Crippen LogP contribution in [0.25, 0.3) is 11.1 Å². The van der Waals surface area contributed by atoms with Crippen molar-refractivity contribution in [3.63, 3.8) is 0 Å². The van der Waals surface area contributed by atoms with Crippen molar-refractivity contribution in [2.45, 2.75) is 51.7 Å². The number of hydrogen-bond acceptors (Lipinski definition) is 6. The van der Waals surface area contributed by atoms with Crippen LogP contribution < -0.4 is 10.6 Å². The number of ether oxygens (including phenoxy) is 1. The molecule has 4 N–H and O–H groups in total. The van der Waals surface area contributed by atoms with Gasteiger partial charge in [0.2, 0.25) is 0 Å². The topological polar surface area (TPSA) is 96.5 Å². The zero-order valence-corrected chi connectivity index (χ0v) is 25.6. The first kappa shape index (κ1) is 31.1. The summed E-state index contributed by atoms with van der Waals surface area (Å²) in [4.78, 5) is 20.9. The highest BCUT2D eigenvalue weighted by atomic mass is 16.5. The molecule has 3 aliphatic rings. The second-order valence-corrected chi connectivity index (χ2v) is 11.4. The van der Waals surface area contributed by atoms with Crippen LogP contribution in [-0.2, 0) is 9.53 Å². The molecule has 42 heavy (non-hydrogen) atoms. The molecule has 8 heteroatoms. The molecule has 0 radical (unpaired) electrons. The molecule has 2 fully saturated rings. The fourth-order valence-electron chi connectivity index (χ4n) is 5.75. The van der Waals surface area contributed by atoms with Crippen LogP contribution in [0.2, 0.25) is 0 Å². The number of rotatable bonds is 13. The third kappa shape index (κ3) is 7.69. The molecule has 1 aliphatic carbocycles. The minimum Gasteiger partial charge on any atom is -0.383 e. The molecule has 1 aromatic rings. The van der Waals surface area contributed by atoms with Gasteiger partial charge in [0.05, 0.1) is 12.2 Å². The maximum atomic E-state index is 13.1. The third-order valence-corrected chi connectivity index (χ3v) is 7.90. The van der Waals surface area contributed by atoms with Gasteiger partial charge in [-0.15, -0.1) is 0 Å². The van der Waals surface area contributed by atoms with E-state index in [0.717, 1.165) is 90.3 Å². The van der Waals surface area contributed by atoms with Gasteiger partial charge >= 0.3 is 0 Å². The normalized spacial score (nSPS) is 21.6. The number of nitrogens with zero attached hydrogens (tertiary/aromatic N) is 2. The molecular formula is C34H50N6O2. The molecule has 2 aliphatic heterocycles. The lowest BCUT2D eigenvalue weighted by Gasteiger charge is -2.32. The van der Waals surface area contributed by atoms with Crippen LogP contribution in [0.5, 0.6) is 0 Å². The fourth-order valence-corrected chi connectivity index (χ4v) is 5.75. The first-order chi connectivity index (χ1) is 20.2. The lowest BCUT2D eigenvalue weighted by molar-refractivity contribution is -0.117. The van der Waals surface area contributed by atoms with Crippen molar-refractivity contribution in [1.29, 1.82) is 5.41 Å². The summed E-state index contributed by atoms with van der Waals surface area (Å²) in [6.07, 6.45) is 17.6. The molecule has 3 heterocycles. The van der Waals surface area contributed by atoms with Gasteiger partial charge in [-0.3, -0.25) is 9.69 Å². The van der Waals surface area contributed by atoms with E-state index in [9.17, 15) is 4.79 Å². The van der Waals surface area contributed by atoms with Crippen molar-refractivity contribution < 1.29 is 12.4 Å². The Morgan fingerprint density at radius 2 is 2.05 bits per heavy atom. The Morgan fingerprint density at radius 3 is 2.67 bits per heavy atom. The molecule has 0 saturated carbocycles. The van der Waals surface area contributed by atoms with Crippen molar-refractivity contribution in [3.8, 4) is 0 Å². The highest BCUT2D eigenvalue weighted by molar-refractivity contribution is 5.97. The SMILES string of the molecule is C=C/C(=C\N(C)C)c1c[nH]c(C2=C(C=N)C(N/C(=C/C(=C\C)C(=O)NCCN3CC4CCC(C3)O4)C(=C)C)=CCC2)c1.[HH].[HH]. The Balaban J connectivity index is 0.00000337. The second kappa shape index (κ2) is 14.3. The summed E-state index contributed by atoms with van der Waals surface area (Å²) in [5.41, 5.74) is 7.86. The molecular weight excluding hydrogens is 524 g/mol. The molecule has 2 atom stereocenters. The predicted molar refractivity (Wildman–Crippen MR) is 177 cm³/mol. The number of amides is 1. The number of allylic oxidation sites excluding steroid dienone is 7. The Kier molecular flexibility index (Phi) is 10.6. The van der Waals surface area contributed by atoms with Gasteiger partial charge in [0, 0.05) is 95.5 Å². The average Bonchev–Trinajstić information content (AvgIpc) is 3.59. The van der Waals surface area contributed by atoms with Gasteiger partial charge in [-0.25, -0.2) is 0 Å². The Hall–Kier alpha value is -3.88. The molecule has 0 spiro atoms. The number of aromatic nitrogens is 1. The zero-order valence-electron chi connectivity index (χ0n) is 25.6. The van der Waals surface area contributed by atoms with E-state index in [1.807, 2.05) is 63.5 Å². The van der Waals surface area contributed by atoms with E-state index < -0.39 is 0 Å². The number of likely N-dealkylation sites (tertiary alicyclic amines) is 1. The van der Waals surface area contributed by atoms with Gasteiger partial charge in [-0.1, -0.05) is 31.4 Å². The molecule has 0 aromatic carbocycles. The first-order valence-electron chi connectivity index (χ1n) is 14.8. The summed E-state index contributed by atoms with van der Waals surface area (Å²) >= 11 is 0. The molecule has 8 nitrogen and oxygen atoms in total. The summed E-state index contributed by atoms with van der Waals surface area (Å²) in [5, 5.41) is 14.8. The zero-order chi connectivity index (χ0) is 30.2. The molecule has 2 bridgehead atoms. The number of H-pyrrole nitrogens is 1. The Bertz CT molecular complexity index is 1360. The molecule has 1 aromatic heterocycles. The molecule has 228 valence electrons. The van der Waals surface area contributed by atoms with Crippen LogP contribution in [-0.4, -0.2) is 79.4 Å². The average molecular weight is 575 g/mol. The van der Waals surface area contributed by atoms with E-state index in [1.165, 1.54) is 6.21 Å². The minimum atomic E-state index is -0.113. The van der Waals surface area contributed by atoms with E-state index in [0.29, 0.717) is 24.3 Å². The lowest BCUT2D eigenvalue weighted by Crippen LogP contribution is -2.45. The van der Waals surface area contributed by atoms with Gasteiger partial charge in [-0.2, -0.15) is 0 Å². The molecule has 1 amide bonds. The van der Waals surface area contributed by atoms with Crippen molar-refractivity contribution in [3.05, 3.63) is 95.3 Å². The summed E-state index contributed by atoms with van der Waals surface area (Å²) in [6.45, 7) is 15.2. The monoisotopic (exact) mass is 574 g/mol. The van der Waals surface area contributed by atoms with Crippen LogP contribution >= 0.6 is 0 Å². The number of aromatic amines is 1. The van der Waals surface area contributed by atoms with Crippen molar-refractivity contribution in [1.82, 2.24) is 25.4 Å². The standard InChI is InChI=1S/C34H46N6O2.2H2/c1-7-24(34(41)36-14-15-40-21-27-12-13-28(22-40)42-27)16-32(23(3)4)38-31-11-9-10-29(30(31)18-35)33-17-26(19-37-33)25(8-2)20-39(5)6;;/h7-8,11,16-20,27-28,35,37-38H,2-3,9-10,12-15,21-22H2,1,4-6H3,(H,36,41);2*1H/b24-7+,25-20+,32-16+,35-18?;;. The first-order valence-corrected chi connectivity index (χ1v) is 14.8. The summed E-state index contributed by atoms with van der Waals surface area (Å²) in [7, 11) is 3.97. The van der Waals surface area contributed by atoms with Gasteiger partial charge < -0.3 is 30.7 Å². The van der Waals surface area contributed by atoms with Crippen LogP contribution in [0, 0.1) is 5.41 Å². The van der Waals surface area contributed by atoms with Crippen LogP contribution in [0.3, 0.4) is 0 Å². The summed E-state index contributed by atoms with van der Waals surface area (Å²) < 4.78 is 5.92. The second-order valence-electron chi connectivity index (χ2n) is 11.4. The van der Waals surface area contributed by atoms with E-state index >= 15 is 0 Å². The number of fused-ring (bicyclic) bond motifs is 2.